The van der Waals surface area contributed by atoms with Crippen LogP contribution in [0.1, 0.15) is 104 Å². The zero-order chi connectivity index (χ0) is 50.1. The van der Waals surface area contributed by atoms with E-state index in [9.17, 15) is 30.6 Å². The van der Waals surface area contributed by atoms with Crippen LogP contribution >= 0.6 is 0 Å². The molecule has 4 heterocycles. The number of phenols is 4. The Morgan fingerprint density at radius 2 is 1.89 bits per heavy atom. The maximum atomic E-state index is 16.4. The van der Waals surface area contributed by atoms with Crippen LogP contribution in [0.2, 0.25) is 0 Å². The van der Waals surface area contributed by atoms with Gasteiger partial charge in [-0.3, -0.25) is 4.79 Å². The van der Waals surface area contributed by atoms with Gasteiger partial charge in [-0.15, -0.1) is 0 Å². The predicted octanol–water partition coefficient (Wildman–Crippen LogP) is 9.38. The minimum atomic E-state index is -1.21. The molecule has 6 aromatic rings. The van der Waals surface area contributed by atoms with Crippen molar-refractivity contribution < 1.29 is 44.9 Å². The molecule has 4 aliphatic rings. The minimum Gasteiger partial charge on any atom is -0.668 e. The number of hydrogen-bond acceptors (Lipinski definition) is 12. The van der Waals surface area contributed by atoms with Crippen LogP contribution in [0.25, 0.3) is 10.8 Å². The number of aliphatic hydroxyl groups is 2. The van der Waals surface area contributed by atoms with Crippen LogP contribution in [0, 0.1) is 23.7 Å². The lowest BCUT2D eigenvalue weighted by molar-refractivity contribution is -0.132. The summed E-state index contributed by atoms with van der Waals surface area (Å²) in [5.41, 5.74) is 4.57. The lowest BCUT2D eigenvalue weighted by Gasteiger charge is -2.46. The third-order valence-corrected chi connectivity index (χ3v) is 16.3. The number of aromatic nitrogens is 2. The summed E-state index contributed by atoms with van der Waals surface area (Å²) in [5.74, 6) is -1.49. The number of nitrogens with one attached hydrogen (secondary N) is 2. The monoisotopic (exact) mass is 975 g/mol. The zero-order valence-corrected chi connectivity index (χ0v) is 41.1. The molecule has 2 aliphatic heterocycles. The number of allylic oxidation sites excluding steroid dienone is 1. The number of rotatable bonds is 12. The van der Waals surface area contributed by atoms with Crippen LogP contribution in [0.5, 0.6) is 34.5 Å². The van der Waals surface area contributed by atoms with Crippen LogP contribution < -0.4 is 25.1 Å². The second kappa shape index (κ2) is 20.9. The van der Waals surface area contributed by atoms with Gasteiger partial charge in [-0.25, -0.2) is 4.98 Å². The van der Waals surface area contributed by atoms with E-state index < -0.39 is 35.4 Å². The highest BCUT2D eigenvalue weighted by molar-refractivity contribution is 5.93. The Hall–Kier alpha value is -6.54. The fourth-order valence-electron chi connectivity index (χ4n) is 13.0. The first-order chi connectivity index (χ1) is 34.9. The van der Waals surface area contributed by atoms with Crippen molar-refractivity contribution in [2.75, 3.05) is 32.1 Å². The number of benzene rings is 4. The molecule has 2 aliphatic carbocycles. The Balaban J connectivity index is 1.15. The van der Waals surface area contributed by atoms with Gasteiger partial charge in [0.2, 0.25) is 5.75 Å². The average molecular weight is 976 g/mol. The molecular weight excluding hydrogens is 909 g/mol. The number of carbonyl (C=O) groups excluding carboxylic acids is 1. The summed E-state index contributed by atoms with van der Waals surface area (Å²) in [7, 11) is 1.88. The number of hydrogen-bond donors (Lipinski definition) is 8. The molecule has 1 saturated carbocycles. The van der Waals surface area contributed by atoms with E-state index in [0.717, 1.165) is 63.7 Å². The molecule has 2 bridgehead atoms. The fourth-order valence-corrected chi connectivity index (χ4v) is 13.0. The van der Waals surface area contributed by atoms with Gasteiger partial charge in [0.1, 0.15) is 17.4 Å². The van der Waals surface area contributed by atoms with E-state index in [0.29, 0.717) is 81.3 Å². The summed E-state index contributed by atoms with van der Waals surface area (Å²) in [6.07, 6.45) is 11.2. The van der Waals surface area contributed by atoms with E-state index in [1.807, 2.05) is 55.6 Å². The average Bonchev–Trinajstić information content (AvgIpc) is 4.01. The maximum Gasteiger partial charge on any atom is 0.200 e. The molecule has 0 amide bonds. The lowest BCUT2D eigenvalue weighted by atomic mass is 9.58. The number of likely N-dealkylation sites (N-methyl/N-ethyl adjacent to an activating group) is 1. The highest BCUT2D eigenvalue weighted by Crippen LogP contribution is 2.56. The molecule has 9 atom stereocenters. The second-order valence-corrected chi connectivity index (χ2v) is 21.0. The number of ether oxygens (including phenoxy) is 2. The summed E-state index contributed by atoms with van der Waals surface area (Å²) in [4.78, 5) is 25.9. The number of carbonyl (C=O) groups is 1. The van der Waals surface area contributed by atoms with Gasteiger partial charge in [-0.1, -0.05) is 49.4 Å². The van der Waals surface area contributed by atoms with Gasteiger partial charge >= 0.3 is 0 Å². The van der Waals surface area contributed by atoms with Gasteiger partial charge in [0, 0.05) is 41.7 Å². The van der Waals surface area contributed by atoms with Gasteiger partial charge in [0.15, 0.2) is 23.0 Å². The first-order valence-electron chi connectivity index (χ1n) is 25.8. The van der Waals surface area contributed by atoms with Crippen molar-refractivity contribution in [3.05, 3.63) is 137 Å². The van der Waals surface area contributed by atoms with Gasteiger partial charge in [0.25, 0.3) is 0 Å². The van der Waals surface area contributed by atoms with E-state index in [2.05, 4.69) is 34.7 Å². The zero-order valence-electron chi connectivity index (χ0n) is 41.1. The van der Waals surface area contributed by atoms with Gasteiger partial charge in [-0.2, -0.15) is 11.9 Å². The fraction of sp³-hybridized carbons (Fsp3) is 0.424. The summed E-state index contributed by atoms with van der Waals surface area (Å²) in [5, 5.41) is 78.6. The third kappa shape index (κ3) is 9.74. The van der Waals surface area contributed by atoms with E-state index in [1.165, 1.54) is 6.07 Å². The van der Waals surface area contributed by atoms with Crippen LogP contribution in [-0.2, 0) is 29.5 Å². The van der Waals surface area contributed by atoms with Gasteiger partial charge < -0.3 is 55.7 Å². The highest BCUT2D eigenvalue weighted by Gasteiger charge is 2.57. The highest BCUT2D eigenvalue weighted by atomic mass is 16.5. The SMILES string of the molecule is CNCC1CC(c2cc(O)c(O)c(OCC3C=CCC(C)C3)c2)CC(=O)C(C(O)CCc2ccc(O)c3c2CCCO3)C2(CCC(O)C2Cc2ccc[n-]2)c2ccnc(c2)Nc2ccc3cc(O)ccc3c21. The van der Waals surface area contributed by atoms with Crippen molar-refractivity contribution in [2.45, 2.75) is 107 Å². The Kier molecular flexibility index (Phi) is 14.2. The molecule has 4 aromatic carbocycles. The topological polar surface area (TPSA) is 208 Å². The number of aromatic hydroxyl groups is 4. The van der Waals surface area contributed by atoms with E-state index in [-0.39, 0.29) is 59.2 Å². The smallest absolute Gasteiger partial charge is 0.200 e. The standard InChI is InChI=1S/C59H67N4O9/c1-34-6-3-7-35(24-34)33-72-53-29-39(28-52(69)57(53)70)38-25-40(32-60-2)55-44-14-13-43(64)26-37(44)10-15-47(55)63-54-30-41(19-22-62-54)59(20-18-48(65)46(59)31-42-8-4-21-61-42)56(51(68)27-38)49(66)16-11-36-12-17-50(67)58-45(36)9-5-23-71-58/h3-4,7-8,10,12-15,17,19,21-22,26,28-30,34-35,38,40,46,48-49,56,60,64-67,69-70H,5-6,9,11,16,18,20,23-25,27,31-33H2,1-2H3,(H,62,63)/q-1. The van der Waals surface area contributed by atoms with Crippen molar-refractivity contribution in [2.24, 2.45) is 23.7 Å². The number of aryl methyl sites for hydroxylation is 1. The molecule has 0 saturated heterocycles. The van der Waals surface area contributed by atoms with Crippen molar-refractivity contribution in [1.29, 1.82) is 0 Å². The summed E-state index contributed by atoms with van der Waals surface area (Å²) in [6, 6.07) is 23.8. The number of pyridine rings is 1. The maximum absolute atomic E-state index is 16.4. The van der Waals surface area contributed by atoms with Crippen LogP contribution in [-0.4, -0.2) is 80.4 Å². The first kappa shape index (κ1) is 49.1. The molecule has 8 N–H and O–H groups in total. The Morgan fingerprint density at radius 1 is 1.01 bits per heavy atom. The van der Waals surface area contributed by atoms with E-state index in [1.54, 1.807) is 36.7 Å². The molecule has 10 rings (SSSR count). The second-order valence-electron chi connectivity index (χ2n) is 21.0. The largest absolute Gasteiger partial charge is 0.668 e. The normalized spacial score (nSPS) is 25.6. The predicted molar refractivity (Wildman–Crippen MR) is 277 cm³/mol. The summed E-state index contributed by atoms with van der Waals surface area (Å²) < 4.78 is 12.3. The van der Waals surface area contributed by atoms with Gasteiger partial charge in [-0.05, 0) is 176 Å². The van der Waals surface area contributed by atoms with E-state index in [4.69, 9.17) is 14.5 Å². The van der Waals surface area contributed by atoms with Crippen molar-refractivity contribution in [3.63, 3.8) is 0 Å². The third-order valence-electron chi connectivity index (χ3n) is 16.3. The first-order valence-corrected chi connectivity index (χ1v) is 25.8. The molecule has 1 fully saturated rings. The van der Waals surface area contributed by atoms with Crippen molar-refractivity contribution in [1.82, 2.24) is 15.3 Å². The number of Topliss-reactive ketones (excluding diaryl/α,β-unsaturated/α-hetero) is 1. The molecule has 13 heteroatoms. The molecule has 2 aromatic heterocycles. The van der Waals surface area contributed by atoms with Crippen LogP contribution in [0.15, 0.2) is 103 Å². The number of ketones is 1. The molecule has 72 heavy (non-hydrogen) atoms. The molecule has 378 valence electrons. The van der Waals surface area contributed by atoms with Crippen LogP contribution in [0.3, 0.4) is 0 Å². The van der Waals surface area contributed by atoms with E-state index >= 15 is 4.79 Å². The molecule has 13 nitrogen and oxygen atoms in total. The Labute approximate surface area is 421 Å². The number of phenolic OH excluding ortho intramolecular Hbond substituents is 4. The molecule has 9 unspecified atom stereocenters. The Bertz CT molecular complexity index is 2940. The lowest BCUT2D eigenvalue weighted by Crippen LogP contribution is -2.51. The summed E-state index contributed by atoms with van der Waals surface area (Å²) >= 11 is 0. The molecule has 0 radical (unpaired) electrons. The van der Waals surface area contributed by atoms with Crippen molar-refractivity contribution in [3.8, 4) is 34.5 Å². The minimum absolute atomic E-state index is 0.0671. The Morgan fingerprint density at radius 3 is 2.71 bits per heavy atom. The van der Waals surface area contributed by atoms with Crippen molar-refractivity contribution >= 4 is 28.1 Å². The van der Waals surface area contributed by atoms with Gasteiger partial charge in [0.05, 0.1) is 31.3 Å². The van der Waals surface area contributed by atoms with Crippen LogP contribution in [0.4, 0.5) is 11.5 Å². The molecular formula is C59H67N4O9-. The number of fused-ring (bicyclic) bond motifs is 7. The number of anilines is 2. The summed E-state index contributed by atoms with van der Waals surface area (Å²) in [6.45, 7) is 3.47. The number of nitrogens with zero attached hydrogens (tertiary/aromatic N) is 2. The quantitative estimate of drug-likeness (QED) is 0.0425. The number of aliphatic hydroxyl groups excluding tert-OH is 2. The molecule has 1 spiro atoms.